The molecule has 0 fully saturated rings. The van der Waals surface area contributed by atoms with Gasteiger partial charge >= 0.3 is 5.97 Å². The van der Waals surface area contributed by atoms with E-state index in [0.29, 0.717) is 5.56 Å². The van der Waals surface area contributed by atoms with Crippen molar-refractivity contribution in [3.05, 3.63) is 42.0 Å². The van der Waals surface area contributed by atoms with Gasteiger partial charge in [0.2, 0.25) is 0 Å². The number of hydrogen-bond acceptors (Lipinski definition) is 2. The lowest BCUT2D eigenvalue weighted by molar-refractivity contribution is 0.0697. The molecule has 94 valence electrons. The van der Waals surface area contributed by atoms with Crippen LogP contribution >= 0.6 is 0 Å². The Morgan fingerprint density at radius 1 is 1.17 bits per heavy atom. The third-order valence-electron chi connectivity index (χ3n) is 3.26. The molecule has 0 saturated carbocycles. The molecule has 0 heterocycles. The lowest BCUT2D eigenvalue weighted by Crippen LogP contribution is -2.27. The fourth-order valence-corrected chi connectivity index (χ4v) is 2.07. The normalized spacial score (nSPS) is 10.9. The summed E-state index contributed by atoms with van der Waals surface area (Å²) >= 11 is 0. The number of rotatable bonds is 3. The molecule has 0 aliphatic carbocycles. The Balaban J connectivity index is 2.78. The highest BCUT2D eigenvalue weighted by Crippen LogP contribution is 2.31. The van der Waals surface area contributed by atoms with Gasteiger partial charge in [0.25, 0.3) is 0 Å². The number of aromatic carboxylic acids is 1. The molecule has 0 spiro atoms. The van der Waals surface area contributed by atoms with Crippen molar-refractivity contribution < 1.29 is 9.90 Å². The first-order chi connectivity index (χ1) is 8.52. The van der Waals surface area contributed by atoms with Crippen molar-refractivity contribution in [2.45, 2.75) is 19.9 Å². The lowest BCUT2D eigenvalue weighted by atomic mass is 10.0. The number of anilines is 1. The molecule has 1 N–H and O–H groups in total. The first-order valence-electron chi connectivity index (χ1n) is 6.00. The van der Waals surface area contributed by atoms with Crippen LogP contribution in [0.1, 0.15) is 24.2 Å². The smallest absolute Gasteiger partial charge is 0.337 e. The third-order valence-corrected chi connectivity index (χ3v) is 3.26. The highest BCUT2D eigenvalue weighted by atomic mass is 16.4. The standard InChI is InChI=1S/C15H17NO2/c1-10(2)16(3)14-12-7-5-4-6-11(12)8-9-13(14)15(17)18/h4-10H,1-3H3,(H,17,18). The second kappa shape index (κ2) is 4.69. The van der Waals surface area contributed by atoms with Crippen molar-refractivity contribution in [1.29, 1.82) is 0 Å². The molecular formula is C15H17NO2. The van der Waals surface area contributed by atoms with Crippen LogP contribution in [0.5, 0.6) is 0 Å². The Hall–Kier alpha value is -2.03. The van der Waals surface area contributed by atoms with Crippen LogP contribution in [0.4, 0.5) is 5.69 Å². The molecule has 18 heavy (non-hydrogen) atoms. The van der Waals surface area contributed by atoms with Gasteiger partial charge in [0, 0.05) is 18.5 Å². The summed E-state index contributed by atoms with van der Waals surface area (Å²) < 4.78 is 0. The Morgan fingerprint density at radius 2 is 1.83 bits per heavy atom. The predicted molar refractivity (Wildman–Crippen MR) is 74.4 cm³/mol. The largest absolute Gasteiger partial charge is 0.478 e. The Kier molecular flexibility index (Phi) is 3.24. The molecule has 0 aliphatic rings. The van der Waals surface area contributed by atoms with E-state index in [1.807, 2.05) is 56.1 Å². The summed E-state index contributed by atoms with van der Waals surface area (Å²) in [5, 5.41) is 11.4. The second-order valence-electron chi connectivity index (χ2n) is 4.69. The number of nitrogens with zero attached hydrogens (tertiary/aromatic N) is 1. The van der Waals surface area contributed by atoms with Crippen molar-refractivity contribution in [2.24, 2.45) is 0 Å². The van der Waals surface area contributed by atoms with Crippen molar-refractivity contribution in [3.63, 3.8) is 0 Å². The Labute approximate surface area is 107 Å². The molecule has 0 atom stereocenters. The summed E-state index contributed by atoms with van der Waals surface area (Å²) in [6, 6.07) is 11.6. The van der Waals surface area contributed by atoms with Crippen LogP contribution in [0, 0.1) is 0 Å². The van der Waals surface area contributed by atoms with E-state index in [2.05, 4.69) is 0 Å². The lowest BCUT2D eigenvalue weighted by Gasteiger charge is -2.27. The zero-order chi connectivity index (χ0) is 13.3. The summed E-state index contributed by atoms with van der Waals surface area (Å²) in [7, 11) is 1.93. The minimum Gasteiger partial charge on any atom is -0.478 e. The van der Waals surface area contributed by atoms with Crippen LogP contribution in [0.15, 0.2) is 36.4 Å². The van der Waals surface area contributed by atoms with E-state index in [9.17, 15) is 9.90 Å². The average molecular weight is 243 g/mol. The van der Waals surface area contributed by atoms with Gasteiger partial charge in [-0.2, -0.15) is 0 Å². The van der Waals surface area contributed by atoms with E-state index in [-0.39, 0.29) is 6.04 Å². The van der Waals surface area contributed by atoms with Crippen molar-refractivity contribution >= 4 is 22.4 Å². The molecule has 0 saturated heterocycles. The van der Waals surface area contributed by atoms with Gasteiger partial charge in [0.15, 0.2) is 0 Å². The summed E-state index contributed by atoms with van der Waals surface area (Å²) in [5.74, 6) is -0.886. The highest BCUT2D eigenvalue weighted by molar-refractivity contribution is 6.06. The van der Waals surface area contributed by atoms with Gasteiger partial charge in [0.1, 0.15) is 0 Å². The molecule has 0 aromatic heterocycles. The molecule has 2 rings (SSSR count). The quantitative estimate of drug-likeness (QED) is 0.898. The van der Waals surface area contributed by atoms with E-state index in [4.69, 9.17) is 0 Å². The molecule has 0 bridgehead atoms. The number of carboxylic acids is 1. The molecule has 0 unspecified atom stereocenters. The molecule has 3 nitrogen and oxygen atoms in total. The molecule has 0 aliphatic heterocycles. The molecular weight excluding hydrogens is 226 g/mol. The summed E-state index contributed by atoms with van der Waals surface area (Å²) in [6.07, 6.45) is 0. The molecule has 2 aromatic rings. The monoisotopic (exact) mass is 243 g/mol. The minimum absolute atomic E-state index is 0.244. The van der Waals surface area contributed by atoms with Crippen LogP contribution in [-0.4, -0.2) is 24.2 Å². The Bertz CT molecular complexity index is 590. The van der Waals surface area contributed by atoms with Crippen molar-refractivity contribution in [1.82, 2.24) is 0 Å². The van der Waals surface area contributed by atoms with E-state index in [1.165, 1.54) is 0 Å². The SMILES string of the molecule is CC(C)N(C)c1c(C(=O)O)ccc2ccccc12. The first kappa shape index (κ1) is 12.4. The number of hydrogen-bond donors (Lipinski definition) is 1. The summed E-state index contributed by atoms with van der Waals surface area (Å²) in [6.45, 7) is 4.10. The maximum absolute atomic E-state index is 11.4. The van der Waals surface area contributed by atoms with Crippen molar-refractivity contribution in [3.8, 4) is 0 Å². The van der Waals surface area contributed by atoms with Gasteiger partial charge in [-0.25, -0.2) is 4.79 Å². The topological polar surface area (TPSA) is 40.5 Å². The summed E-state index contributed by atoms with van der Waals surface area (Å²) in [4.78, 5) is 13.4. The van der Waals surface area contributed by atoms with Crippen molar-refractivity contribution in [2.75, 3.05) is 11.9 Å². The Morgan fingerprint density at radius 3 is 2.44 bits per heavy atom. The third kappa shape index (κ3) is 2.04. The van der Waals surface area contributed by atoms with Gasteiger partial charge in [-0.15, -0.1) is 0 Å². The van der Waals surface area contributed by atoms with E-state index in [1.54, 1.807) is 6.07 Å². The zero-order valence-corrected chi connectivity index (χ0v) is 10.8. The van der Waals surface area contributed by atoms with Gasteiger partial charge in [0.05, 0.1) is 11.3 Å². The number of carboxylic acid groups (broad SMARTS) is 1. The molecule has 3 heteroatoms. The van der Waals surface area contributed by atoms with E-state index >= 15 is 0 Å². The highest BCUT2D eigenvalue weighted by Gasteiger charge is 2.18. The second-order valence-corrected chi connectivity index (χ2v) is 4.69. The first-order valence-corrected chi connectivity index (χ1v) is 6.00. The number of benzene rings is 2. The van der Waals surface area contributed by atoms with Crippen LogP contribution in [0.2, 0.25) is 0 Å². The van der Waals surface area contributed by atoms with Crippen LogP contribution < -0.4 is 4.90 Å². The number of fused-ring (bicyclic) bond motifs is 1. The van der Waals surface area contributed by atoms with Crippen LogP contribution in [0.3, 0.4) is 0 Å². The van der Waals surface area contributed by atoms with Gasteiger partial charge in [-0.3, -0.25) is 0 Å². The van der Waals surface area contributed by atoms with Crippen LogP contribution in [-0.2, 0) is 0 Å². The van der Waals surface area contributed by atoms with Gasteiger partial charge in [-0.05, 0) is 25.3 Å². The zero-order valence-electron chi connectivity index (χ0n) is 10.8. The van der Waals surface area contributed by atoms with Crippen LogP contribution in [0.25, 0.3) is 10.8 Å². The van der Waals surface area contributed by atoms with E-state index in [0.717, 1.165) is 16.5 Å². The predicted octanol–water partition coefficient (Wildman–Crippen LogP) is 3.38. The molecule has 0 radical (unpaired) electrons. The molecule has 0 amide bonds. The fraction of sp³-hybridized carbons (Fsp3) is 0.267. The van der Waals surface area contributed by atoms with E-state index < -0.39 is 5.97 Å². The fourth-order valence-electron chi connectivity index (χ4n) is 2.07. The maximum Gasteiger partial charge on any atom is 0.337 e. The average Bonchev–Trinajstić information content (AvgIpc) is 2.36. The minimum atomic E-state index is -0.886. The maximum atomic E-state index is 11.4. The number of carbonyl (C=O) groups is 1. The van der Waals surface area contributed by atoms with Gasteiger partial charge in [-0.1, -0.05) is 30.3 Å². The van der Waals surface area contributed by atoms with Gasteiger partial charge < -0.3 is 10.0 Å². The summed E-state index contributed by atoms with van der Waals surface area (Å²) in [5.41, 5.74) is 1.14. The molecule has 2 aromatic carbocycles.